The second-order valence-electron chi connectivity index (χ2n) is 3.71. The maximum absolute atomic E-state index is 13.3. The molecule has 0 aliphatic rings. The molecule has 98 valence electrons. The Labute approximate surface area is 104 Å². The first kappa shape index (κ1) is 14.3. The van der Waals surface area contributed by atoms with E-state index in [1.165, 1.54) is 0 Å². The summed E-state index contributed by atoms with van der Waals surface area (Å²) in [7, 11) is 0. The second kappa shape index (κ2) is 6.83. The normalized spacial score (nSPS) is 10.2. The van der Waals surface area contributed by atoms with E-state index in [9.17, 15) is 18.4 Å². The molecule has 0 N–H and O–H groups in total. The molecule has 18 heavy (non-hydrogen) atoms. The van der Waals surface area contributed by atoms with Gasteiger partial charge in [0.2, 0.25) is 0 Å². The highest BCUT2D eigenvalue weighted by atomic mass is 19.1. The molecule has 0 heterocycles. The zero-order chi connectivity index (χ0) is 13.5. The number of carbonyl (C=O) groups is 2. The Morgan fingerprint density at radius 1 is 1.22 bits per heavy atom. The highest BCUT2D eigenvalue weighted by Gasteiger charge is 2.13. The minimum Gasteiger partial charge on any atom is -0.466 e. The van der Waals surface area contributed by atoms with Crippen LogP contribution in [0.2, 0.25) is 0 Å². The summed E-state index contributed by atoms with van der Waals surface area (Å²) in [6.07, 6.45) is 0.429. The summed E-state index contributed by atoms with van der Waals surface area (Å²) in [4.78, 5) is 22.6. The van der Waals surface area contributed by atoms with Crippen molar-refractivity contribution in [2.45, 2.75) is 26.2 Å². The van der Waals surface area contributed by atoms with Gasteiger partial charge in [0.1, 0.15) is 11.6 Å². The molecule has 0 bridgehead atoms. The number of Topliss-reactive ketones (excluding diaryl/α,β-unsaturated/α-hetero) is 1. The molecule has 5 heteroatoms. The van der Waals surface area contributed by atoms with E-state index in [-0.39, 0.29) is 30.8 Å². The lowest BCUT2D eigenvalue weighted by molar-refractivity contribution is -0.143. The monoisotopic (exact) mass is 256 g/mol. The van der Waals surface area contributed by atoms with Crippen molar-refractivity contribution in [1.82, 2.24) is 0 Å². The Bertz CT molecular complexity index is 444. The Morgan fingerprint density at radius 2 is 1.94 bits per heavy atom. The number of hydrogen-bond donors (Lipinski definition) is 0. The third-order valence-corrected chi connectivity index (χ3v) is 2.32. The fourth-order valence-electron chi connectivity index (χ4n) is 1.48. The van der Waals surface area contributed by atoms with Gasteiger partial charge in [0, 0.05) is 18.9 Å². The summed E-state index contributed by atoms with van der Waals surface area (Å²) < 4.78 is 30.6. The van der Waals surface area contributed by atoms with Crippen LogP contribution < -0.4 is 0 Å². The van der Waals surface area contributed by atoms with Gasteiger partial charge < -0.3 is 4.74 Å². The molecule has 0 radical (unpaired) electrons. The van der Waals surface area contributed by atoms with Crippen LogP contribution in [0.25, 0.3) is 0 Å². The van der Waals surface area contributed by atoms with Gasteiger partial charge in [0.15, 0.2) is 5.78 Å². The first-order chi connectivity index (χ1) is 8.54. The fraction of sp³-hybridized carbons (Fsp3) is 0.385. The zero-order valence-electron chi connectivity index (χ0n) is 10.0. The van der Waals surface area contributed by atoms with Gasteiger partial charge in [-0.25, -0.2) is 8.78 Å². The highest BCUT2D eigenvalue weighted by Crippen LogP contribution is 2.13. The second-order valence-corrected chi connectivity index (χ2v) is 3.71. The predicted octanol–water partition coefficient (Wildman–Crippen LogP) is 2.88. The summed E-state index contributed by atoms with van der Waals surface area (Å²) in [5.74, 6) is -2.44. The molecule has 0 amide bonds. The van der Waals surface area contributed by atoms with Crippen molar-refractivity contribution < 1.29 is 23.1 Å². The average Bonchev–Trinajstić information content (AvgIpc) is 2.29. The zero-order valence-corrected chi connectivity index (χ0v) is 10.0. The fourth-order valence-corrected chi connectivity index (χ4v) is 1.48. The largest absolute Gasteiger partial charge is 0.466 e. The van der Waals surface area contributed by atoms with Gasteiger partial charge in [-0.05, 0) is 25.5 Å². The van der Waals surface area contributed by atoms with Crippen LogP contribution in [0.3, 0.4) is 0 Å². The molecular weight excluding hydrogens is 242 g/mol. The van der Waals surface area contributed by atoms with Gasteiger partial charge in [-0.1, -0.05) is 0 Å². The molecule has 0 fully saturated rings. The van der Waals surface area contributed by atoms with Crippen molar-refractivity contribution in [2.24, 2.45) is 0 Å². The van der Waals surface area contributed by atoms with Gasteiger partial charge in [-0.2, -0.15) is 0 Å². The van der Waals surface area contributed by atoms with E-state index in [1.54, 1.807) is 6.92 Å². The van der Waals surface area contributed by atoms with Gasteiger partial charge in [-0.15, -0.1) is 0 Å². The molecule has 0 saturated carbocycles. The van der Waals surface area contributed by atoms with Crippen LogP contribution in [0.4, 0.5) is 8.78 Å². The SMILES string of the molecule is CCOC(=O)CCCC(=O)c1ccc(F)cc1F. The van der Waals surface area contributed by atoms with Crippen molar-refractivity contribution in [1.29, 1.82) is 0 Å². The van der Waals surface area contributed by atoms with E-state index in [1.807, 2.05) is 0 Å². The molecule has 0 aromatic heterocycles. The predicted molar refractivity (Wildman–Crippen MR) is 61.2 cm³/mol. The average molecular weight is 256 g/mol. The van der Waals surface area contributed by atoms with Crippen molar-refractivity contribution in [3.63, 3.8) is 0 Å². The molecular formula is C13H14F2O3. The van der Waals surface area contributed by atoms with Crippen molar-refractivity contribution in [3.8, 4) is 0 Å². The van der Waals surface area contributed by atoms with Crippen LogP contribution in [0.5, 0.6) is 0 Å². The minimum atomic E-state index is -0.879. The summed E-state index contributed by atoms with van der Waals surface area (Å²) >= 11 is 0. The number of carbonyl (C=O) groups excluding carboxylic acids is 2. The van der Waals surface area contributed by atoms with Crippen molar-refractivity contribution >= 4 is 11.8 Å². The Kier molecular flexibility index (Phi) is 5.42. The quantitative estimate of drug-likeness (QED) is 0.580. The minimum absolute atomic E-state index is 0.0291. The van der Waals surface area contributed by atoms with Crippen LogP contribution in [0.15, 0.2) is 18.2 Å². The van der Waals surface area contributed by atoms with Crippen molar-refractivity contribution in [2.75, 3.05) is 6.61 Å². The third-order valence-electron chi connectivity index (χ3n) is 2.32. The molecule has 0 atom stereocenters. The maximum Gasteiger partial charge on any atom is 0.305 e. The number of esters is 1. The topological polar surface area (TPSA) is 43.4 Å². The van der Waals surface area contributed by atoms with Crippen LogP contribution in [-0.4, -0.2) is 18.4 Å². The van der Waals surface area contributed by atoms with Crippen LogP contribution in [0, 0.1) is 11.6 Å². The van der Waals surface area contributed by atoms with Gasteiger partial charge in [-0.3, -0.25) is 9.59 Å². The molecule has 0 saturated heterocycles. The Morgan fingerprint density at radius 3 is 2.56 bits per heavy atom. The number of ether oxygens (including phenoxy) is 1. The van der Waals surface area contributed by atoms with E-state index in [0.29, 0.717) is 12.7 Å². The van der Waals surface area contributed by atoms with Gasteiger partial charge in [0.25, 0.3) is 0 Å². The number of hydrogen-bond acceptors (Lipinski definition) is 3. The van der Waals surface area contributed by atoms with Crippen molar-refractivity contribution in [3.05, 3.63) is 35.4 Å². The third kappa shape index (κ3) is 4.24. The van der Waals surface area contributed by atoms with E-state index >= 15 is 0 Å². The Hall–Kier alpha value is -1.78. The summed E-state index contributed by atoms with van der Waals surface area (Å²) in [5, 5.41) is 0. The first-order valence-corrected chi connectivity index (χ1v) is 5.68. The van der Waals surface area contributed by atoms with Crippen LogP contribution in [-0.2, 0) is 9.53 Å². The molecule has 1 rings (SSSR count). The van der Waals surface area contributed by atoms with Gasteiger partial charge in [0.05, 0.1) is 12.2 Å². The molecule has 1 aromatic carbocycles. The lowest BCUT2D eigenvalue weighted by atomic mass is 10.0. The number of benzene rings is 1. The molecule has 3 nitrogen and oxygen atoms in total. The lowest BCUT2D eigenvalue weighted by Gasteiger charge is -2.03. The maximum atomic E-state index is 13.3. The summed E-state index contributed by atoms with van der Waals surface area (Å²) in [6.45, 7) is 1.98. The molecule has 0 unspecified atom stereocenters. The molecule has 0 aliphatic heterocycles. The van der Waals surface area contributed by atoms with Gasteiger partial charge >= 0.3 is 5.97 Å². The van der Waals surface area contributed by atoms with Crippen LogP contribution >= 0.6 is 0 Å². The smallest absolute Gasteiger partial charge is 0.305 e. The van der Waals surface area contributed by atoms with E-state index in [0.717, 1.165) is 12.1 Å². The number of halogens is 2. The standard InChI is InChI=1S/C13H14F2O3/c1-2-18-13(17)5-3-4-12(16)10-7-6-9(14)8-11(10)15/h6-8H,2-5H2,1H3. The summed E-state index contributed by atoms with van der Waals surface area (Å²) in [5.41, 5.74) is -0.153. The highest BCUT2D eigenvalue weighted by molar-refractivity contribution is 5.96. The van der Waals surface area contributed by atoms with E-state index in [2.05, 4.69) is 0 Å². The first-order valence-electron chi connectivity index (χ1n) is 5.68. The Balaban J connectivity index is 2.48. The van der Waals surface area contributed by atoms with E-state index < -0.39 is 17.4 Å². The molecule has 0 spiro atoms. The van der Waals surface area contributed by atoms with E-state index in [4.69, 9.17) is 4.74 Å². The van der Waals surface area contributed by atoms with Crippen LogP contribution in [0.1, 0.15) is 36.5 Å². The number of ketones is 1. The number of rotatable bonds is 6. The molecule has 1 aromatic rings. The molecule has 0 aliphatic carbocycles. The lowest BCUT2D eigenvalue weighted by Crippen LogP contribution is -2.07. The summed E-state index contributed by atoms with van der Waals surface area (Å²) in [6, 6.07) is 2.80.